The molecule has 23 heavy (non-hydrogen) atoms. The third-order valence-electron chi connectivity index (χ3n) is 4.65. The second-order valence-electron chi connectivity index (χ2n) is 7.00. The molecule has 0 aromatic heterocycles. The highest BCUT2D eigenvalue weighted by Crippen LogP contribution is 2.39. The fraction of sp³-hybridized carbons (Fsp3) is 0.550. The highest BCUT2D eigenvalue weighted by atomic mass is 16.5. The number of allylic oxidation sites excluding steroid dienone is 1. The molecule has 0 radical (unpaired) electrons. The van der Waals surface area contributed by atoms with Crippen molar-refractivity contribution in [3.8, 4) is 5.75 Å². The van der Waals surface area contributed by atoms with Crippen LogP contribution in [-0.2, 0) is 4.79 Å². The van der Waals surface area contributed by atoms with Gasteiger partial charge in [-0.15, -0.1) is 0 Å². The molecule has 0 fully saturated rings. The number of benzene rings is 1. The van der Waals surface area contributed by atoms with Crippen molar-refractivity contribution in [2.24, 2.45) is 0 Å². The Morgan fingerprint density at radius 2 is 2.00 bits per heavy atom. The summed E-state index contributed by atoms with van der Waals surface area (Å²) < 4.78 is 5.70. The summed E-state index contributed by atoms with van der Waals surface area (Å²) in [5, 5.41) is 0. The van der Waals surface area contributed by atoms with Crippen molar-refractivity contribution < 1.29 is 9.53 Å². The molecule has 2 rings (SSSR count). The topological polar surface area (TPSA) is 29.5 Å². The van der Waals surface area contributed by atoms with Gasteiger partial charge in [-0.1, -0.05) is 25.8 Å². The van der Waals surface area contributed by atoms with E-state index in [9.17, 15) is 4.79 Å². The van der Waals surface area contributed by atoms with Crippen molar-refractivity contribution in [3.05, 3.63) is 29.8 Å². The lowest BCUT2D eigenvalue weighted by atomic mass is 9.89. The Kier molecular flexibility index (Phi) is 5.51. The summed E-state index contributed by atoms with van der Waals surface area (Å²) >= 11 is 0. The molecule has 0 spiro atoms. The third kappa shape index (κ3) is 4.15. The molecule has 0 saturated heterocycles. The summed E-state index contributed by atoms with van der Waals surface area (Å²) in [5.41, 5.74) is 3.65. The van der Waals surface area contributed by atoms with Gasteiger partial charge in [0, 0.05) is 24.7 Å². The summed E-state index contributed by atoms with van der Waals surface area (Å²) in [6.45, 7) is 8.86. The largest absolute Gasteiger partial charge is 0.486 e. The van der Waals surface area contributed by atoms with Crippen molar-refractivity contribution in [1.29, 1.82) is 0 Å². The van der Waals surface area contributed by atoms with Crippen molar-refractivity contribution in [1.82, 2.24) is 0 Å². The van der Waals surface area contributed by atoms with Gasteiger partial charge in [-0.05, 0) is 51.0 Å². The lowest BCUT2D eigenvalue weighted by Gasteiger charge is -2.40. The minimum atomic E-state index is 0.00863. The summed E-state index contributed by atoms with van der Waals surface area (Å²) in [7, 11) is 2.11. The van der Waals surface area contributed by atoms with Crippen LogP contribution in [0, 0.1) is 0 Å². The first-order chi connectivity index (χ1) is 10.8. The van der Waals surface area contributed by atoms with Gasteiger partial charge in [-0.3, -0.25) is 4.79 Å². The zero-order valence-electron chi connectivity index (χ0n) is 15.1. The summed E-state index contributed by atoms with van der Waals surface area (Å²) in [6.07, 6.45) is 6.10. The van der Waals surface area contributed by atoms with E-state index in [2.05, 4.69) is 51.8 Å². The van der Waals surface area contributed by atoms with E-state index < -0.39 is 0 Å². The maximum absolute atomic E-state index is 11.8. The first-order valence-electron chi connectivity index (χ1n) is 8.57. The van der Waals surface area contributed by atoms with E-state index >= 15 is 0 Å². The van der Waals surface area contributed by atoms with Crippen molar-refractivity contribution >= 4 is 17.0 Å². The molecule has 126 valence electrons. The predicted molar refractivity (Wildman–Crippen MR) is 97.2 cm³/mol. The van der Waals surface area contributed by atoms with E-state index in [1.54, 1.807) is 0 Å². The van der Waals surface area contributed by atoms with Gasteiger partial charge in [0.25, 0.3) is 0 Å². The Morgan fingerprint density at radius 3 is 2.70 bits per heavy atom. The van der Waals surface area contributed by atoms with Crippen molar-refractivity contribution in [2.45, 2.75) is 58.9 Å². The number of ether oxygens (including phenoxy) is 1. The summed E-state index contributed by atoms with van der Waals surface area (Å²) in [6, 6.07) is 6.10. The van der Waals surface area contributed by atoms with Crippen LogP contribution in [0.5, 0.6) is 5.75 Å². The second kappa shape index (κ2) is 7.20. The molecule has 0 aliphatic carbocycles. The van der Waals surface area contributed by atoms with Crippen LogP contribution in [0.1, 0.15) is 58.9 Å². The number of nitrogens with zero attached hydrogens (tertiary/aromatic N) is 1. The minimum absolute atomic E-state index is 0.00863. The zero-order valence-corrected chi connectivity index (χ0v) is 15.1. The molecule has 1 aliphatic rings. The maximum Gasteiger partial charge on any atom is 0.170 e. The number of rotatable bonds is 7. The standard InChI is InChI=1S/C20H29NO2/c1-6-7-8-9-16(22)14-23-17-10-11-19-18(12-17)15(2)13-20(3,4)21(19)5/h10-13H,6-9,14H2,1-5H3. The Hall–Kier alpha value is -1.77. The molecule has 1 aliphatic heterocycles. The lowest BCUT2D eigenvalue weighted by molar-refractivity contribution is -0.121. The van der Waals surface area contributed by atoms with E-state index in [0.29, 0.717) is 6.42 Å². The first kappa shape index (κ1) is 17.6. The van der Waals surface area contributed by atoms with Crippen LogP contribution >= 0.6 is 0 Å². The fourth-order valence-corrected chi connectivity index (χ4v) is 3.04. The third-order valence-corrected chi connectivity index (χ3v) is 4.65. The fourth-order valence-electron chi connectivity index (χ4n) is 3.04. The van der Waals surface area contributed by atoms with Gasteiger partial charge < -0.3 is 9.64 Å². The van der Waals surface area contributed by atoms with Gasteiger partial charge in [-0.2, -0.15) is 0 Å². The Balaban J connectivity index is 2.05. The Bertz CT molecular complexity index is 602. The van der Waals surface area contributed by atoms with Gasteiger partial charge in [-0.25, -0.2) is 0 Å². The highest BCUT2D eigenvalue weighted by Gasteiger charge is 2.28. The maximum atomic E-state index is 11.8. The number of ketones is 1. The number of unbranched alkanes of at least 4 members (excludes halogenated alkanes) is 2. The first-order valence-corrected chi connectivity index (χ1v) is 8.57. The average molecular weight is 315 g/mol. The van der Waals surface area contributed by atoms with Crippen LogP contribution < -0.4 is 9.64 Å². The van der Waals surface area contributed by atoms with Crippen LogP contribution in [-0.4, -0.2) is 25.0 Å². The van der Waals surface area contributed by atoms with E-state index in [1.165, 1.54) is 16.8 Å². The van der Waals surface area contributed by atoms with Gasteiger partial charge >= 0.3 is 0 Å². The highest BCUT2D eigenvalue weighted by molar-refractivity contribution is 5.82. The van der Waals surface area contributed by atoms with E-state index in [4.69, 9.17) is 4.74 Å². The van der Waals surface area contributed by atoms with Crippen LogP contribution in [0.15, 0.2) is 24.3 Å². The van der Waals surface area contributed by atoms with E-state index in [1.807, 2.05) is 12.1 Å². The molecule has 3 nitrogen and oxygen atoms in total. The molecule has 0 saturated carbocycles. The van der Waals surface area contributed by atoms with Gasteiger partial charge in [0.05, 0.1) is 5.54 Å². The summed E-state index contributed by atoms with van der Waals surface area (Å²) in [5.74, 6) is 0.954. The van der Waals surface area contributed by atoms with Gasteiger partial charge in [0.2, 0.25) is 0 Å². The molecule has 0 amide bonds. The number of carbonyl (C=O) groups is 1. The van der Waals surface area contributed by atoms with E-state index in [-0.39, 0.29) is 17.9 Å². The van der Waals surface area contributed by atoms with Crippen LogP contribution in [0.3, 0.4) is 0 Å². The monoisotopic (exact) mass is 315 g/mol. The normalized spacial score (nSPS) is 15.9. The van der Waals surface area contributed by atoms with Crippen LogP contribution in [0.2, 0.25) is 0 Å². The van der Waals surface area contributed by atoms with Crippen molar-refractivity contribution in [3.63, 3.8) is 0 Å². The number of Topliss-reactive ketones (excluding diaryl/α,β-unsaturated/α-hetero) is 1. The van der Waals surface area contributed by atoms with Crippen molar-refractivity contribution in [2.75, 3.05) is 18.6 Å². The predicted octanol–water partition coefficient (Wildman–Crippen LogP) is 4.85. The average Bonchev–Trinajstić information content (AvgIpc) is 2.50. The molecular weight excluding hydrogens is 286 g/mol. The molecule has 1 aromatic rings. The smallest absolute Gasteiger partial charge is 0.170 e. The molecule has 0 unspecified atom stereocenters. The molecule has 0 bridgehead atoms. The zero-order chi connectivity index (χ0) is 17.0. The molecule has 3 heteroatoms. The van der Waals surface area contributed by atoms with Crippen LogP contribution in [0.25, 0.3) is 5.57 Å². The van der Waals surface area contributed by atoms with E-state index in [0.717, 1.165) is 25.0 Å². The number of fused-ring (bicyclic) bond motifs is 1. The molecule has 0 N–H and O–H groups in total. The summed E-state index contributed by atoms with van der Waals surface area (Å²) in [4.78, 5) is 14.1. The number of hydrogen-bond acceptors (Lipinski definition) is 3. The molecular formula is C20H29NO2. The molecule has 1 aromatic carbocycles. The second-order valence-corrected chi connectivity index (χ2v) is 7.00. The number of carbonyl (C=O) groups excluding carboxylic acids is 1. The quantitative estimate of drug-likeness (QED) is 0.674. The van der Waals surface area contributed by atoms with Gasteiger partial charge in [0.1, 0.15) is 12.4 Å². The number of hydrogen-bond donors (Lipinski definition) is 0. The van der Waals surface area contributed by atoms with Gasteiger partial charge in [0.15, 0.2) is 5.78 Å². The molecule has 0 atom stereocenters. The number of likely N-dealkylation sites (N-methyl/N-ethyl adjacent to an activating group) is 1. The van der Waals surface area contributed by atoms with Crippen LogP contribution in [0.4, 0.5) is 5.69 Å². The molecule has 1 heterocycles. The SMILES string of the molecule is CCCCCC(=O)COc1ccc2c(c1)C(C)=CC(C)(C)N2C. The minimum Gasteiger partial charge on any atom is -0.486 e. The lowest BCUT2D eigenvalue weighted by Crippen LogP contribution is -2.41. The number of anilines is 1. The Morgan fingerprint density at radius 1 is 1.26 bits per heavy atom. The Labute approximate surface area is 140 Å².